The summed E-state index contributed by atoms with van der Waals surface area (Å²) >= 11 is 12.1. The van der Waals surface area contributed by atoms with Crippen LogP contribution in [0.25, 0.3) is 0 Å². The summed E-state index contributed by atoms with van der Waals surface area (Å²) in [5.74, 6) is 0.797. The van der Waals surface area contributed by atoms with Crippen molar-refractivity contribution in [3.63, 3.8) is 0 Å². The van der Waals surface area contributed by atoms with E-state index < -0.39 is 0 Å². The van der Waals surface area contributed by atoms with Gasteiger partial charge in [-0.05, 0) is 29.8 Å². The maximum absolute atomic E-state index is 6.17. The molecule has 0 unspecified atom stereocenters. The molecule has 0 aromatic heterocycles. The van der Waals surface area contributed by atoms with Crippen LogP contribution in [0.5, 0.6) is 5.75 Å². The highest BCUT2D eigenvalue weighted by atomic mass is 35.5. The van der Waals surface area contributed by atoms with Crippen LogP contribution in [0.1, 0.15) is 11.1 Å². The van der Waals surface area contributed by atoms with Gasteiger partial charge < -0.3 is 10.1 Å². The topological polar surface area (TPSA) is 21.3 Å². The molecule has 19 heavy (non-hydrogen) atoms. The molecule has 2 aromatic carbocycles. The molecule has 0 saturated carbocycles. The van der Waals surface area contributed by atoms with Gasteiger partial charge in [-0.2, -0.15) is 0 Å². The minimum atomic E-state index is 0.648. The first-order valence-electron chi connectivity index (χ1n) is 5.97. The predicted octanol–water partition coefficient (Wildman–Crippen LogP) is 4.29. The summed E-state index contributed by atoms with van der Waals surface area (Å²) in [6, 6.07) is 13.4. The largest absolute Gasteiger partial charge is 0.496 e. The van der Waals surface area contributed by atoms with Gasteiger partial charge in [0.05, 0.1) is 7.11 Å². The van der Waals surface area contributed by atoms with E-state index in [0.29, 0.717) is 11.6 Å². The molecule has 0 aliphatic heterocycles. The number of ether oxygens (including phenoxy) is 1. The molecule has 0 atom stereocenters. The molecule has 0 aliphatic rings. The quantitative estimate of drug-likeness (QED) is 0.888. The van der Waals surface area contributed by atoms with E-state index in [2.05, 4.69) is 5.32 Å². The van der Waals surface area contributed by atoms with Crippen LogP contribution in [0.2, 0.25) is 10.0 Å². The van der Waals surface area contributed by atoms with Crippen molar-refractivity contribution in [3.05, 3.63) is 63.6 Å². The normalized spacial score (nSPS) is 10.5. The third-order valence-electron chi connectivity index (χ3n) is 2.82. The molecule has 0 aliphatic carbocycles. The van der Waals surface area contributed by atoms with Crippen molar-refractivity contribution in [2.24, 2.45) is 0 Å². The van der Waals surface area contributed by atoms with E-state index in [1.54, 1.807) is 7.11 Å². The first-order chi connectivity index (χ1) is 9.20. The molecule has 0 bridgehead atoms. The zero-order valence-electron chi connectivity index (χ0n) is 10.6. The van der Waals surface area contributed by atoms with Crippen LogP contribution in [0.15, 0.2) is 42.5 Å². The Kier molecular flexibility index (Phi) is 5.08. The van der Waals surface area contributed by atoms with Gasteiger partial charge in [-0.25, -0.2) is 0 Å². The Hall–Kier alpha value is -1.22. The van der Waals surface area contributed by atoms with Gasteiger partial charge in [0, 0.05) is 28.7 Å². The fourth-order valence-corrected chi connectivity index (χ4v) is 2.33. The van der Waals surface area contributed by atoms with Gasteiger partial charge in [0.1, 0.15) is 5.75 Å². The van der Waals surface area contributed by atoms with Crippen LogP contribution in [0.3, 0.4) is 0 Å². The van der Waals surface area contributed by atoms with Gasteiger partial charge in [0.25, 0.3) is 0 Å². The lowest BCUT2D eigenvalue weighted by molar-refractivity contribution is 0.407. The number of hydrogen-bond donors (Lipinski definition) is 1. The monoisotopic (exact) mass is 295 g/mol. The summed E-state index contributed by atoms with van der Waals surface area (Å²) in [4.78, 5) is 0. The molecule has 4 heteroatoms. The number of methoxy groups -OCH3 is 1. The summed E-state index contributed by atoms with van der Waals surface area (Å²) in [6.07, 6.45) is 0. The summed E-state index contributed by atoms with van der Waals surface area (Å²) < 4.78 is 5.30. The zero-order chi connectivity index (χ0) is 13.7. The van der Waals surface area contributed by atoms with E-state index in [0.717, 1.165) is 28.4 Å². The second kappa shape index (κ2) is 6.80. The van der Waals surface area contributed by atoms with E-state index in [4.69, 9.17) is 27.9 Å². The lowest BCUT2D eigenvalue weighted by atomic mass is 10.2. The van der Waals surface area contributed by atoms with Gasteiger partial charge >= 0.3 is 0 Å². The molecule has 0 amide bonds. The molecule has 2 aromatic rings. The molecule has 0 fully saturated rings. The fraction of sp³-hybridized carbons (Fsp3) is 0.200. The Bertz CT molecular complexity index is 558. The standard InChI is InChI=1S/C15H15Cl2NO/c1-19-15-7-3-6-14(17)13(15)10-18-9-11-4-2-5-12(16)8-11/h2-8,18H,9-10H2,1H3. The lowest BCUT2D eigenvalue weighted by Crippen LogP contribution is -2.13. The van der Waals surface area contributed by atoms with Crippen molar-refractivity contribution in [1.29, 1.82) is 0 Å². The molecule has 100 valence electrons. The summed E-state index contributed by atoms with van der Waals surface area (Å²) in [5, 5.41) is 4.79. The molecular weight excluding hydrogens is 281 g/mol. The molecule has 0 saturated heterocycles. The highest BCUT2D eigenvalue weighted by Crippen LogP contribution is 2.26. The number of halogens is 2. The average Bonchev–Trinajstić information content (AvgIpc) is 2.40. The first-order valence-corrected chi connectivity index (χ1v) is 6.73. The molecule has 2 nitrogen and oxygen atoms in total. The van der Waals surface area contributed by atoms with Crippen molar-refractivity contribution in [2.45, 2.75) is 13.1 Å². The molecule has 0 radical (unpaired) electrons. The predicted molar refractivity (Wildman–Crippen MR) is 80.0 cm³/mol. The van der Waals surface area contributed by atoms with Crippen molar-refractivity contribution in [3.8, 4) is 5.75 Å². The zero-order valence-corrected chi connectivity index (χ0v) is 12.1. The van der Waals surface area contributed by atoms with E-state index in [1.807, 2.05) is 42.5 Å². The van der Waals surface area contributed by atoms with Gasteiger partial charge in [0.2, 0.25) is 0 Å². The van der Waals surface area contributed by atoms with E-state index >= 15 is 0 Å². The molecular formula is C15H15Cl2NO. The van der Waals surface area contributed by atoms with Crippen LogP contribution in [0, 0.1) is 0 Å². The van der Waals surface area contributed by atoms with Crippen LogP contribution in [0.4, 0.5) is 0 Å². The average molecular weight is 296 g/mol. The maximum Gasteiger partial charge on any atom is 0.124 e. The molecule has 1 N–H and O–H groups in total. The Morgan fingerprint density at radius 2 is 1.84 bits per heavy atom. The minimum absolute atomic E-state index is 0.648. The third kappa shape index (κ3) is 3.87. The van der Waals surface area contributed by atoms with E-state index in [9.17, 15) is 0 Å². The number of hydrogen-bond acceptors (Lipinski definition) is 2. The second-order valence-electron chi connectivity index (χ2n) is 4.15. The molecule has 0 spiro atoms. The van der Waals surface area contributed by atoms with Crippen LogP contribution >= 0.6 is 23.2 Å². The minimum Gasteiger partial charge on any atom is -0.496 e. The maximum atomic E-state index is 6.17. The van der Waals surface area contributed by atoms with Gasteiger partial charge in [-0.15, -0.1) is 0 Å². The highest BCUT2D eigenvalue weighted by Gasteiger charge is 2.06. The molecule has 0 heterocycles. The molecule has 2 rings (SSSR count). The van der Waals surface area contributed by atoms with Crippen LogP contribution in [-0.2, 0) is 13.1 Å². The van der Waals surface area contributed by atoms with Crippen molar-refractivity contribution in [1.82, 2.24) is 5.32 Å². The summed E-state index contributed by atoms with van der Waals surface area (Å²) in [5.41, 5.74) is 2.10. The van der Waals surface area contributed by atoms with Gasteiger partial charge in [-0.3, -0.25) is 0 Å². The van der Waals surface area contributed by atoms with Crippen molar-refractivity contribution in [2.75, 3.05) is 7.11 Å². The van der Waals surface area contributed by atoms with Crippen molar-refractivity contribution >= 4 is 23.2 Å². The van der Waals surface area contributed by atoms with Gasteiger partial charge in [0.15, 0.2) is 0 Å². The second-order valence-corrected chi connectivity index (χ2v) is 5.00. The van der Waals surface area contributed by atoms with Gasteiger partial charge in [-0.1, -0.05) is 41.4 Å². The van der Waals surface area contributed by atoms with Crippen LogP contribution < -0.4 is 10.1 Å². The van der Waals surface area contributed by atoms with Crippen molar-refractivity contribution < 1.29 is 4.74 Å². The number of rotatable bonds is 5. The first kappa shape index (κ1) is 14.2. The smallest absolute Gasteiger partial charge is 0.124 e. The SMILES string of the molecule is COc1cccc(Cl)c1CNCc1cccc(Cl)c1. The third-order valence-corrected chi connectivity index (χ3v) is 3.40. The number of benzene rings is 2. The Balaban J connectivity index is 2.00. The lowest BCUT2D eigenvalue weighted by Gasteiger charge is -2.11. The highest BCUT2D eigenvalue weighted by molar-refractivity contribution is 6.31. The Morgan fingerprint density at radius 3 is 2.58 bits per heavy atom. The summed E-state index contributed by atoms with van der Waals surface area (Å²) in [7, 11) is 1.64. The van der Waals surface area contributed by atoms with E-state index in [-0.39, 0.29) is 0 Å². The fourth-order valence-electron chi connectivity index (χ4n) is 1.88. The summed E-state index contributed by atoms with van der Waals surface area (Å²) in [6.45, 7) is 1.38. The van der Waals surface area contributed by atoms with E-state index in [1.165, 1.54) is 0 Å². The number of nitrogens with one attached hydrogen (secondary N) is 1. The Labute approximate surface area is 123 Å². The van der Waals surface area contributed by atoms with Crippen LogP contribution in [-0.4, -0.2) is 7.11 Å². The Morgan fingerprint density at radius 1 is 1.05 bits per heavy atom.